The summed E-state index contributed by atoms with van der Waals surface area (Å²) < 4.78 is 0. The first-order valence-corrected chi connectivity index (χ1v) is 10.5. The summed E-state index contributed by atoms with van der Waals surface area (Å²) in [4.78, 5) is 15.2. The molecular formula is C22H42N2O. The topological polar surface area (TPSA) is 32.3 Å². The van der Waals surface area contributed by atoms with Gasteiger partial charge < -0.3 is 10.2 Å². The van der Waals surface area contributed by atoms with Crippen LogP contribution in [0.2, 0.25) is 0 Å². The van der Waals surface area contributed by atoms with Crippen molar-refractivity contribution in [2.45, 2.75) is 105 Å². The molecule has 0 bridgehead atoms. The highest BCUT2D eigenvalue weighted by Crippen LogP contribution is 2.48. The lowest BCUT2D eigenvalue weighted by Crippen LogP contribution is -2.50. The maximum absolute atomic E-state index is 13.0. The van der Waals surface area contributed by atoms with Crippen LogP contribution < -0.4 is 5.32 Å². The molecule has 2 aliphatic rings. The number of rotatable bonds is 4. The summed E-state index contributed by atoms with van der Waals surface area (Å²) >= 11 is 0. The maximum atomic E-state index is 13.0. The lowest BCUT2D eigenvalue weighted by atomic mass is 9.60. The van der Waals surface area contributed by atoms with E-state index in [4.69, 9.17) is 0 Å². The van der Waals surface area contributed by atoms with Crippen molar-refractivity contribution in [2.75, 3.05) is 13.1 Å². The predicted octanol–water partition coefficient (Wildman–Crippen LogP) is 5.00. The number of likely N-dealkylation sites (tertiary alicyclic amines) is 1. The van der Waals surface area contributed by atoms with E-state index < -0.39 is 0 Å². The number of piperidine rings is 1. The van der Waals surface area contributed by atoms with Crippen molar-refractivity contribution < 1.29 is 4.79 Å². The van der Waals surface area contributed by atoms with Crippen LogP contribution in [0.1, 0.15) is 93.4 Å². The molecule has 3 nitrogen and oxygen atoms in total. The number of hydrogen-bond acceptors (Lipinski definition) is 2. The highest BCUT2D eigenvalue weighted by Gasteiger charge is 2.43. The second-order valence-electron chi connectivity index (χ2n) is 10.6. The van der Waals surface area contributed by atoms with E-state index in [1.807, 2.05) is 0 Å². The third-order valence-electron chi connectivity index (χ3n) is 7.41. The SMILES string of the molecule is CCC(C)(C)C1(C)CCN(C(=O)[C@H]2CC[C@H](NC(C)(C)C)CC2)CC1. The molecule has 1 N–H and O–H groups in total. The van der Waals surface area contributed by atoms with Gasteiger partial charge in [-0.2, -0.15) is 0 Å². The van der Waals surface area contributed by atoms with Crippen molar-refractivity contribution in [1.29, 1.82) is 0 Å². The van der Waals surface area contributed by atoms with E-state index in [1.165, 1.54) is 6.42 Å². The smallest absolute Gasteiger partial charge is 0.225 e. The number of hydrogen-bond donors (Lipinski definition) is 1. The minimum atomic E-state index is 0.172. The zero-order chi connectivity index (χ0) is 18.9. The molecule has 0 unspecified atom stereocenters. The third-order valence-corrected chi connectivity index (χ3v) is 7.41. The summed E-state index contributed by atoms with van der Waals surface area (Å²) in [5.74, 6) is 0.701. The van der Waals surface area contributed by atoms with E-state index in [1.54, 1.807) is 0 Å². The monoisotopic (exact) mass is 350 g/mol. The van der Waals surface area contributed by atoms with Gasteiger partial charge in [0, 0.05) is 30.6 Å². The highest BCUT2D eigenvalue weighted by molar-refractivity contribution is 5.79. The van der Waals surface area contributed by atoms with Gasteiger partial charge in [0.05, 0.1) is 0 Å². The molecule has 1 aliphatic carbocycles. The number of carbonyl (C=O) groups is 1. The predicted molar refractivity (Wildman–Crippen MR) is 107 cm³/mol. The van der Waals surface area contributed by atoms with Crippen LogP contribution in [0.25, 0.3) is 0 Å². The second kappa shape index (κ2) is 7.58. The quantitative estimate of drug-likeness (QED) is 0.774. The Hall–Kier alpha value is -0.570. The first-order valence-electron chi connectivity index (χ1n) is 10.5. The van der Waals surface area contributed by atoms with Crippen LogP contribution in [0, 0.1) is 16.7 Å². The van der Waals surface area contributed by atoms with Crippen molar-refractivity contribution in [2.24, 2.45) is 16.7 Å². The molecule has 0 aromatic heterocycles. The Morgan fingerprint density at radius 2 is 1.56 bits per heavy atom. The molecule has 2 rings (SSSR count). The number of amides is 1. The fourth-order valence-corrected chi connectivity index (χ4v) is 4.68. The van der Waals surface area contributed by atoms with Crippen LogP contribution in [-0.2, 0) is 4.79 Å². The van der Waals surface area contributed by atoms with Crippen molar-refractivity contribution >= 4 is 5.91 Å². The van der Waals surface area contributed by atoms with Crippen LogP contribution in [0.4, 0.5) is 0 Å². The number of nitrogens with zero attached hydrogens (tertiary/aromatic N) is 1. The third kappa shape index (κ3) is 4.99. The Morgan fingerprint density at radius 1 is 1.04 bits per heavy atom. The van der Waals surface area contributed by atoms with Crippen LogP contribution in [0.15, 0.2) is 0 Å². The summed E-state index contributed by atoms with van der Waals surface area (Å²) in [6.45, 7) is 18.1. The van der Waals surface area contributed by atoms with E-state index in [0.717, 1.165) is 51.6 Å². The molecule has 0 spiro atoms. The lowest BCUT2D eigenvalue weighted by Gasteiger charge is -2.50. The first-order chi connectivity index (χ1) is 11.5. The van der Waals surface area contributed by atoms with E-state index in [2.05, 4.69) is 58.7 Å². The zero-order valence-electron chi connectivity index (χ0n) is 17.9. The molecule has 0 aromatic carbocycles. The standard InChI is InChI=1S/C22H42N2O/c1-8-21(5,6)22(7)13-15-24(16-14-22)19(25)17-9-11-18(12-10-17)23-20(2,3)4/h17-18,23H,8-16H2,1-7H3/t17-,18-. The molecule has 2 fully saturated rings. The molecule has 3 heteroatoms. The minimum absolute atomic E-state index is 0.172. The zero-order valence-corrected chi connectivity index (χ0v) is 17.9. The molecule has 146 valence electrons. The van der Waals surface area contributed by atoms with Crippen LogP contribution in [0.5, 0.6) is 0 Å². The largest absolute Gasteiger partial charge is 0.342 e. The molecule has 0 aromatic rings. The molecule has 1 amide bonds. The van der Waals surface area contributed by atoms with Crippen LogP contribution >= 0.6 is 0 Å². The summed E-state index contributed by atoms with van der Waals surface area (Å²) in [7, 11) is 0. The van der Waals surface area contributed by atoms with E-state index in [9.17, 15) is 4.79 Å². The van der Waals surface area contributed by atoms with Gasteiger partial charge in [-0.25, -0.2) is 0 Å². The van der Waals surface area contributed by atoms with E-state index in [-0.39, 0.29) is 11.5 Å². The lowest BCUT2D eigenvalue weighted by molar-refractivity contribution is -0.140. The molecular weight excluding hydrogens is 308 g/mol. The van der Waals surface area contributed by atoms with Gasteiger partial charge in [-0.15, -0.1) is 0 Å². The van der Waals surface area contributed by atoms with E-state index in [0.29, 0.717) is 22.8 Å². The van der Waals surface area contributed by atoms with Crippen molar-refractivity contribution in [3.05, 3.63) is 0 Å². The summed E-state index contributed by atoms with van der Waals surface area (Å²) in [5.41, 5.74) is 0.899. The normalized spacial score (nSPS) is 28.0. The van der Waals surface area contributed by atoms with Gasteiger partial charge in [0.25, 0.3) is 0 Å². The summed E-state index contributed by atoms with van der Waals surface area (Å²) in [6, 6.07) is 0.582. The molecule has 0 atom stereocenters. The molecule has 25 heavy (non-hydrogen) atoms. The minimum Gasteiger partial charge on any atom is -0.342 e. The van der Waals surface area contributed by atoms with Gasteiger partial charge in [-0.05, 0) is 70.1 Å². The Morgan fingerprint density at radius 3 is 2.00 bits per heavy atom. The average Bonchev–Trinajstić information content (AvgIpc) is 2.54. The summed E-state index contributed by atoms with van der Waals surface area (Å²) in [5, 5.41) is 3.71. The van der Waals surface area contributed by atoms with Gasteiger partial charge in [0.1, 0.15) is 0 Å². The molecule has 1 saturated heterocycles. The van der Waals surface area contributed by atoms with Crippen LogP contribution in [0.3, 0.4) is 0 Å². The fourth-order valence-electron chi connectivity index (χ4n) is 4.68. The Labute approximate surface area is 156 Å². The van der Waals surface area contributed by atoms with Gasteiger partial charge in [-0.3, -0.25) is 4.79 Å². The number of carbonyl (C=O) groups excluding carboxylic acids is 1. The molecule has 1 heterocycles. The molecule has 0 radical (unpaired) electrons. The van der Waals surface area contributed by atoms with Crippen molar-refractivity contribution in [3.8, 4) is 0 Å². The van der Waals surface area contributed by atoms with Crippen LogP contribution in [-0.4, -0.2) is 35.5 Å². The maximum Gasteiger partial charge on any atom is 0.225 e. The number of nitrogens with one attached hydrogen (secondary N) is 1. The Balaban J connectivity index is 1.84. The average molecular weight is 351 g/mol. The Bertz CT molecular complexity index is 447. The van der Waals surface area contributed by atoms with Gasteiger partial charge in [0.15, 0.2) is 0 Å². The first kappa shape index (κ1) is 20.7. The summed E-state index contributed by atoms with van der Waals surface area (Å²) in [6.07, 6.45) is 7.91. The molecule has 1 saturated carbocycles. The second-order valence-corrected chi connectivity index (χ2v) is 10.6. The fraction of sp³-hybridized carbons (Fsp3) is 0.955. The highest BCUT2D eigenvalue weighted by atomic mass is 16.2. The van der Waals surface area contributed by atoms with Gasteiger partial charge in [-0.1, -0.05) is 34.1 Å². The van der Waals surface area contributed by atoms with E-state index >= 15 is 0 Å². The van der Waals surface area contributed by atoms with Gasteiger partial charge in [0.2, 0.25) is 5.91 Å². The Kier molecular flexibility index (Phi) is 6.29. The van der Waals surface area contributed by atoms with Crippen molar-refractivity contribution in [1.82, 2.24) is 10.2 Å². The molecule has 1 aliphatic heterocycles. The van der Waals surface area contributed by atoms with Crippen molar-refractivity contribution in [3.63, 3.8) is 0 Å². The van der Waals surface area contributed by atoms with Gasteiger partial charge >= 0.3 is 0 Å².